The molecule has 0 spiro atoms. The van der Waals surface area contributed by atoms with Gasteiger partial charge in [0.25, 0.3) is 23.6 Å². The molecule has 0 saturated carbocycles. The number of pyridine rings is 2. The molecule has 0 aliphatic carbocycles. The van der Waals surface area contributed by atoms with Crippen LogP contribution in [-0.2, 0) is 83.0 Å². The number of rotatable bonds is 16. The molecule has 4 aromatic rings. The van der Waals surface area contributed by atoms with Gasteiger partial charge in [-0.2, -0.15) is 8.78 Å². The van der Waals surface area contributed by atoms with E-state index in [4.69, 9.17) is 18.9 Å². The highest BCUT2D eigenvalue weighted by Crippen LogP contribution is 2.26. The van der Waals surface area contributed by atoms with Crippen molar-refractivity contribution in [2.24, 2.45) is 23.7 Å². The summed E-state index contributed by atoms with van der Waals surface area (Å²) in [7, 11) is 5.26. The van der Waals surface area contributed by atoms with Gasteiger partial charge in [0.05, 0.1) is 12.4 Å². The van der Waals surface area contributed by atoms with Gasteiger partial charge in [-0.05, 0) is 97.6 Å². The van der Waals surface area contributed by atoms with E-state index in [2.05, 4.69) is 9.97 Å². The molecule has 18 nitrogen and oxygen atoms in total. The van der Waals surface area contributed by atoms with Crippen molar-refractivity contribution in [2.75, 3.05) is 28.2 Å². The molecular weight excluding hydrogens is 1120 g/mol. The van der Waals surface area contributed by atoms with Crippen LogP contribution in [0.25, 0.3) is 0 Å². The predicted molar refractivity (Wildman–Crippen MR) is 309 cm³/mol. The van der Waals surface area contributed by atoms with Gasteiger partial charge in [0, 0.05) is 65.0 Å². The number of esters is 4. The summed E-state index contributed by atoms with van der Waals surface area (Å²) in [6, 6.07) is 9.42. The van der Waals surface area contributed by atoms with E-state index in [0.29, 0.717) is 22.3 Å². The van der Waals surface area contributed by atoms with E-state index >= 15 is 9.59 Å². The Hall–Kier alpha value is -7.78. The molecule has 1 aliphatic heterocycles. The molecule has 22 heteroatoms. The van der Waals surface area contributed by atoms with Crippen LogP contribution < -0.4 is 0 Å². The number of ether oxygens (including phenoxy) is 4. The van der Waals surface area contributed by atoms with Gasteiger partial charge in [-0.1, -0.05) is 104 Å². The van der Waals surface area contributed by atoms with Crippen molar-refractivity contribution in [2.45, 2.75) is 169 Å². The zero-order valence-corrected chi connectivity index (χ0v) is 51.6. The number of likely N-dealkylation sites (N-methyl/N-ethyl adjacent to an activating group) is 4. The summed E-state index contributed by atoms with van der Waals surface area (Å²) in [5, 5.41) is 0. The number of aromatic nitrogens is 2. The molecule has 468 valence electrons. The van der Waals surface area contributed by atoms with Crippen LogP contribution in [0.5, 0.6) is 0 Å². The number of carbonyl (C=O) groups is 8. The van der Waals surface area contributed by atoms with Gasteiger partial charge in [-0.25, -0.2) is 37.9 Å². The summed E-state index contributed by atoms with van der Waals surface area (Å²) in [5.74, 6) is -11.7. The van der Waals surface area contributed by atoms with Crippen LogP contribution >= 0.6 is 0 Å². The van der Waals surface area contributed by atoms with Crippen molar-refractivity contribution >= 4 is 47.5 Å². The summed E-state index contributed by atoms with van der Waals surface area (Å²) >= 11 is 0. The van der Waals surface area contributed by atoms with E-state index in [-0.39, 0.29) is 86.2 Å². The van der Waals surface area contributed by atoms with E-state index in [1.54, 1.807) is 104 Å². The van der Waals surface area contributed by atoms with Crippen LogP contribution in [0.4, 0.5) is 17.6 Å². The van der Waals surface area contributed by atoms with Gasteiger partial charge in [-0.15, -0.1) is 0 Å². The van der Waals surface area contributed by atoms with Crippen molar-refractivity contribution in [3.8, 4) is 0 Å². The van der Waals surface area contributed by atoms with E-state index in [9.17, 15) is 46.3 Å². The fourth-order valence-corrected chi connectivity index (χ4v) is 10.1. The fraction of sp³-hybridized carbons (Fsp3) is 0.531. The third-order valence-electron chi connectivity index (χ3n) is 14.9. The summed E-state index contributed by atoms with van der Waals surface area (Å²) < 4.78 is 81.1. The molecule has 2 aromatic carbocycles. The maximum absolute atomic E-state index is 15.0. The summed E-state index contributed by atoms with van der Waals surface area (Å²) in [5.41, 5.74) is 2.00. The van der Waals surface area contributed by atoms with Gasteiger partial charge in [-0.3, -0.25) is 19.2 Å². The Morgan fingerprint density at radius 1 is 0.407 bits per heavy atom. The summed E-state index contributed by atoms with van der Waals surface area (Å²) in [6.07, 6.45) is -5.58. The van der Waals surface area contributed by atoms with Crippen LogP contribution in [0.1, 0.15) is 128 Å². The van der Waals surface area contributed by atoms with Crippen LogP contribution in [0.2, 0.25) is 0 Å². The molecule has 1 aliphatic rings. The van der Waals surface area contributed by atoms with Gasteiger partial charge < -0.3 is 38.5 Å². The number of cyclic esters (lactones) is 4. The Morgan fingerprint density at radius 3 is 0.942 bits per heavy atom. The lowest BCUT2D eigenvalue weighted by molar-refractivity contribution is -0.176. The minimum absolute atomic E-state index is 0.00104. The lowest BCUT2D eigenvalue weighted by atomic mass is 9.99. The van der Waals surface area contributed by atoms with Crippen LogP contribution in [0.3, 0.4) is 0 Å². The molecule has 86 heavy (non-hydrogen) atoms. The third kappa shape index (κ3) is 19.1. The molecular formula is C64H82F4N6O12. The zero-order valence-electron chi connectivity index (χ0n) is 51.6. The Labute approximate surface area is 501 Å². The number of hydrogen-bond acceptors (Lipinski definition) is 14. The minimum Gasteiger partial charge on any atom is -0.451 e. The highest BCUT2D eigenvalue weighted by atomic mass is 19.1. The molecule has 3 heterocycles. The standard InChI is InChI=1S/C64H82F4N6O12/c1-35(2)23-49-61(79)83-39(9)57(75)71(11)52(26-38(7)8)64(82)86-54(30-44-21-17-42(18-22-44)28-46-32-48(66)34-70-56(46)68)60(78)74(14)50(24-36(3)4)62(80)84-40(10)58(76)72(12)51(25-37(5)6)63(81)85-53(59(77)73(49)13)29-43-19-15-41(16-20-43)27-45-31-47(65)33-69-55(45)67/h15-22,31-40,49-54H,23-30H2,1-14H3/t39-,40-,49+,50+,51+,52+,53-,54-/m1/s1. The molecule has 1 fully saturated rings. The lowest BCUT2D eigenvalue weighted by Gasteiger charge is -2.35. The van der Waals surface area contributed by atoms with Crippen molar-refractivity contribution in [1.29, 1.82) is 0 Å². The largest absolute Gasteiger partial charge is 0.451 e. The first kappa shape index (κ1) is 69.0. The van der Waals surface area contributed by atoms with Crippen molar-refractivity contribution in [3.63, 3.8) is 0 Å². The monoisotopic (exact) mass is 1200 g/mol. The molecule has 2 aromatic heterocycles. The van der Waals surface area contributed by atoms with E-state index < -0.39 is 120 Å². The number of halogens is 4. The van der Waals surface area contributed by atoms with Crippen LogP contribution in [0, 0.1) is 47.2 Å². The van der Waals surface area contributed by atoms with Gasteiger partial charge in [0.15, 0.2) is 24.4 Å². The molecule has 1 saturated heterocycles. The van der Waals surface area contributed by atoms with Crippen molar-refractivity contribution in [1.82, 2.24) is 29.6 Å². The fourth-order valence-electron chi connectivity index (χ4n) is 10.1. The average molecular weight is 1200 g/mol. The zero-order chi connectivity index (χ0) is 64.0. The van der Waals surface area contributed by atoms with Crippen LogP contribution in [-0.4, -0.2) is 154 Å². The quantitative estimate of drug-likeness (QED) is 0.0448. The van der Waals surface area contributed by atoms with Crippen molar-refractivity contribution in [3.05, 3.63) is 130 Å². The Kier molecular flexibility index (Phi) is 24.9. The maximum atomic E-state index is 15.0. The first-order valence-electron chi connectivity index (χ1n) is 29.0. The summed E-state index contributed by atoms with van der Waals surface area (Å²) in [6.45, 7) is 16.9. The number of nitrogens with zero attached hydrogens (tertiary/aromatic N) is 6. The number of benzene rings is 2. The highest BCUT2D eigenvalue weighted by molar-refractivity contribution is 5.94. The van der Waals surface area contributed by atoms with Crippen LogP contribution in [0.15, 0.2) is 73.1 Å². The molecule has 5 rings (SSSR count). The second-order valence-electron chi connectivity index (χ2n) is 24.0. The third-order valence-corrected chi connectivity index (χ3v) is 14.9. The molecule has 0 radical (unpaired) electrons. The van der Waals surface area contributed by atoms with E-state index in [0.717, 1.165) is 44.1 Å². The normalized spacial score (nSPS) is 22.4. The second kappa shape index (κ2) is 31.0. The minimum atomic E-state index is -1.67. The smallest absolute Gasteiger partial charge is 0.329 e. The van der Waals surface area contributed by atoms with Gasteiger partial charge >= 0.3 is 23.9 Å². The molecule has 0 N–H and O–H groups in total. The maximum Gasteiger partial charge on any atom is 0.329 e. The molecule has 4 amide bonds. The first-order chi connectivity index (χ1) is 40.3. The molecule has 0 bridgehead atoms. The lowest BCUT2D eigenvalue weighted by Crippen LogP contribution is -2.55. The highest BCUT2D eigenvalue weighted by Gasteiger charge is 2.43. The topological polar surface area (TPSA) is 212 Å². The number of hydrogen-bond donors (Lipinski definition) is 0. The van der Waals surface area contributed by atoms with Gasteiger partial charge in [0.2, 0.25) is 11.9 Å². The van der Waals surface area contributed by atoms with E-state index in [1.807, 2.05) is 0 Å². The van der Waals surface area contributed by atoms with Gasteiger partial charge in [0.1, 0.15) is 35.8 Å². The number of carbonyl (C=O) groups excluding carboxylic acids is 8. The Morgan fingerprint density at radius 2 is 0.663 bits per heavy atom. The van der Waals surface area contributed by atoms with E-state index in [1.165, 1.54) is 42.0 Å². The Bertz CT molecular complexity index is 2820. The van der Waals surface area contributed by atoms with Crippen molar-refractivity contribution < 1.29 is 74.9 Å². The molecule has 0 unspecified atom stereocenters. The average Bonchev–Trinajstić information content (AvgIpc) is 2.27. The first-order valence-corrected chi connectivity index (χ1v) is 29.0. The second-order valence-corrected chi connectivity index (χ2v) is 24.0. The molecule has 8 atom stereocenters. The Balaban J connectivity index is 1.59. The summed E-state index contributed by atoms with van der Waals surface area (Å²) in [4.78, 5) is 129. The number of amides is 4. The predicted octanol–water partition coefficient (Wildman–Crippen LogP) is 8.19. The SMILES string of the molecule is CC(C)C[C@H]1C(=O)O[C@H](Cc2ccc(Cc3cc(F)cnc3F)cc2)C(=O)N(C)[C@@H](CC(C)C)C(=O)O[C@H](C)C(=O)N(C)[C@@H](CC(C)C)C(=O)O[C@H](Cc2ccc(Cc3cc(F)cnc3F)cc2)C(=O)N(C)[C@@H](CC(C)C)C(=O)O[C@H](C)C(=O)N1C.